The molecule has 0 atom stereocenters. The Morgan fingerprint density at radius 2 is 1.76 bits per heavy atom. The van der Waals surface area contributed by atoms with Crippen LogP contribution in [0, 0.1) is 0 Å². The summed E-state index contributed by atoms with van der Waals surface area (Å²) in [6.07, 6.45) is 3.84. The monoisotopic (exact) mass is 350 g/mol. The second-order valence-corrected chi connectivity index (χ2v) is 6.82. The molecule has 0 saturated heterocycles. The van der Waals surface area contributed by atoms with Crippen molar-refractivity contribution in [3.05, 3.63) is 78.6 Å². The highest BCUT2D eigenvalue weighted by Crippen LogP contribution is 2.21. The van der Waals surface area contributed by atoms with E-state index in [0.717, 1.165) is 30.2 Å². The zero-order chi connectivity index (χ0) is 17.3. The van der Waals surface area contributed by atoms with Crippen LogP contribution < -0.4 is 10.1 Å². The molecule has 1 aromatic heterocycles. The van der Waals surface area contributed by atoms with Crippen molar-refractivity contribution in [2.24, 2.45) is 0 Å². The van der Waals surface area contributed by atoms with Gasteiger partial charge in [0.1, 0.15) is 5.75 Å². The minimum atomic E-state index is 0.830. The van der Waals surface area contributed by atoms with Gasteiger partial charge in [-0.3, -0.25) is 4.98 Å². The van der Waals surface area contributed by atoms with Gasteiger partial charge in [-0.25, -0.2) is 0 Å². The molecule has 128 valence electrons. The predicted molar refractivity (Wildman–Crippen MR) is 105 cm³/mol. The van der Waals surface area contributed by atoms with Crippen molar-refractivity contribution in [1.82, 2.24) is 10.3 Å². The van der Waals surface area contributed by atoms with Crippen LogP contribution in [0.3, 0.4) is 0 Å². The first-order valence-electron chi connectivity index (χ1n) is 8.32. The summed E-state index contributed by atoms with van der Waals surface area (Å²) < 4.78 is 5.18. The maximum absolute atomic E-state index is 5.18. The third-order valence-corrected chi connectivity index (χ3v) is 4.85. The minimum absolute atomic E-state index is 0.830. The number of rotatable bonds is 8. The standard InChI is InChI=1S/C21H22N2OS/c1-24-20-7-9-21(10-8-20)25-12-11-22-14-17-13-19(16-23-15-17)18-5-3-2-4-6-18/h2-10,13,15-16,22H,11-12,14H2,1H3. The fourth-order valence-electron chi connectivity index (χ4n) is 2.52. The van der Waals surface area contributed by atoms with Gasteiger partial charge in [0.05, 0.1) is 7.11 Å². The number of thioether (sulfide) groups is 1. The summed E-state index contributed by atoms with van der Waals surface area (Å²) in [5, 5.41) is 3.49. The van der Waals surface area contributed by atoms with Gasteiger partial charge < -0.3 is 10.1 Å². The molecule has 2 aromatic carbocycles. The third-order valence-electron chi connectivity index (χ3n) is 3.84. The summed E-state index contributed by atoms with van der Waals surface area (Å²) in [6.45, 7) is 1.78. The molecule has 0 amide bonds. The van der Waals surface area contributed by atoms with Crippen LogP contribution in [0.2, 0.25) is 0 Å². The average Bonchev–Trinajstić information content (AvgIpc) is 2.69. The molecule has 3 aromatic rings. The van der Waals surface area contributed by atoms with Gasteiger partial charge in [0.25, 0.3) is 0 Å². The van der Waals surface area contributed by atoms with E-state index < -0.39 is 0 Å². The number of methoxy groups -OCH3 is 1. The molecule has 0 fully saturated rings. The van der Waals surface area contributed by atoms with Gasteiger partial charge in [0, 0.05) is 41.7 Å². The lowest BCUT2D eigenvalue weighted by Gasteiger charge is -2.07. The molecular formula is C21H22N2OS. The summed E-state index contributed by atoms with van der Waals surface area (Å²) in [6, 6.07) is 20.7. The molecule has 0 aliphatic heterocycles. The van der Waals surface area contributed by atoms with Crippen LogP contribution in [-0.4, -0.2) is 24.4 Å². The number of aromatic nitrogens is 1. The molecule has 1 N–H and O–H groups in total. The van der Waals surface area contributed by atoms with E-state index in [2.05, 4.69) is 52.8 Å². The van der Waals surface area contributed by atoms with Crippen LogP contribution in [0.25, 0.3) is 11.1 Å². The molecule has 3 nitrogen and oxygen atoms in total. The van der Waals surface area contributed by atoms with Crippen LogP contribution >= 0.6 is 11.8 Å². The van der Waals surface area contributed by atoms with Gasteiger partial charge in [-0.05, 0) is 41.5 Å². The Hall–Kier alpha value is -2.30. The van der Waals surface area contributed by atoms with E-state index in [1.807, 2.05) is 42.4 Å². The maximum Gasteiger partial charge on any atom is 0.118 e. The van der Waals surface area contributed by atoms with Crippen molar-refractivity contribution in [2.75, 3.05) is 19.4 Å². The van der Waals surface area contributed by atoms with E-state index in [0.29, 0.717) is 0 Å². The quantitative estimate of drug-likeness (QED) is 0.474. The molecule has 0 aliphatic rings. The highest BCUT2D eigenvalue weighted by atomic mass is 32.2. The van der Waals surface area contributed by atoms with Crippen molar-refractivity contribution >= 4 is 11.8 Å². The van der Waals surface area contributed by atoms with Gasteiger partial charge in [-0.1, -0.05) is 30.3 Å². The smallest absolute Gasteiger partial charge is 0.118 e. The summed E-state index contributed by atoms with van der Waals surface area (Å²) in [4.78, 5) is 5.63. The fraction of sp³-hybridized carbons (Fsp3) is 0.190. The van der Waals surface area contributed by atoms with Gasteiger partial charge >= 0.3 is 0 Å². The SMILES string of the molecule is COc1ccc(SCCNCc2cncc(-c3ccccc3)c2)cc1. The van der Waals surface area contributed by atoms with E-state index in [4.69, 9.17) is 4.74 Å². The number of ether oxygens (including phenoxy) is 1. The first-order valence-corrected chi connectivity index (χ1v) is 9.30. The molecule has 0 saturated carbocycles. The van der Waals surface area contributed by atoms with Gasteiger partial charge in [-0.2, -0.15) is 0 Å². The van der Waals surface area contributed by atoms with E-state index >= 15 is 0 Å². The molecule has 3 rings (SSSR count). The van der Waals surface area contributed by atoms with Crippen molar-refractivity contribution in [2.45, 2.75) is 11.4 Å². The number of hydrogen-bond donors (Lipinski definition) is 1. The molecule has 0 unspecified atom stereocenters. The highest BCUT2D eigenvalue weighted by molar-refractivity contribution is 7.99. The number of nitrogens with zero attached hydrogens (tertiary/aromatic N) is 1. The number of pyridine rings is 1. The third kappa shape index (κ3) is 5.34. The molecule has 25 heavy (non-hydrogen) atoms. The van der Waals surface area contributed by atoms with Crippen LogP contribution in [0.5, 0.6) is 5.75 Å². The lowest BCUT2D eigenvalue weighted by Crippen LogP contribution is -2.16. The summed E-state index contributed by atoms with van der Waals surface area (Å²) >= 11 is 1.84. The Morgan fingerprint density at radius 3 is 2.52 bits per heavy atom. The van der Waals surface area contributed by atoms with Crippen molar-refractivity contribution in [3.8, 4) is 16.9 Å². The molecular weight excluding hydrogens is 328 g/mol. The van der Waals surface area contributed by atoms with Gasteiger partial charge in [0.15, 0.2) is 0 Å². The van der Waals surface area contributed by atoms with Crippen LogP contribution in [-0.2, 0) is 6.54 Å². The molecule has 0 bridgehead atoms. The summed E-state index contributed by atoms with van der Waals surface area (Å²) in [5.41, 5.74) is 3.57. The molecule has 4 heteroatoms. The van der Waals surface area contributed by atoms with Crippen LogP contribution in [0.1, 0.15) is 5.56 Å². The molecule has 0 spiro atoms. The zero-order valence-electron chi connectivity index (χ0n) is 14.3. The normalized spacial score (nSPS) is 10.6. The second-order valence-electron chi connectivity index (χ2n) is 5.65. The summed E-state index contributed by atoms with van der Waals surface area (Å²) in [5.74, 6) is 1.92. The van der Waals surface area contributed by atoms with E-state index in [-0.39, 0.29) is 0 Å². The fourth-order valence-corrected chi connectivity index (χ4v) is 3.33. The largest absolute Gasteiger partial charge is 0.497 e. The van der Waals surface area contributed by atoms with Crippen LogP contribution in [0.4, 0.5) is 0 Å². The zero-order valence-corrected chi connectivity index (χ0v) is 15.1. The van der Waals surface area contributed by atoms with E-state index in [1.165, 1.54) is 16.0 Å². The number of hydrogen-bond acceptors (Lipinski definition) is 4. The summed E-state index contributed by atoms with van der Waals surface area (Å²) in [7, 11) is 1.69. The lowest BCUT2D eigenvalue weighted by atomic mass is 10.1. The number of benzene rings is 2. The average molecular weight is 350 g/mol. The van der Waals surface area contributed by atoms with Crippen LogP contribution in [0.15, 0.2) is 78.0 Å². The minimum Gasteiger partial charge on any atom is -0.497 e. The van der Waals surface area contributed by atoms with Gasteiger partial charge in [0.2, 0.25) is 0 Å². The maximum atomic E-state index is 5.18. The Balaban J connectivity index is 1.44. The Kier molecular flexibility index (Phi) is 6.48. The molecule has 0 aliphatic carbocycles. The Labute approximate surface area is 153 Å². The predicted octanol–water partition coefficient (Wildman–Crippen LogP) is 4.64. The first kappa shape index (κ1) is 17.5. The second kappa shape index (κ2) is 9.25. The van der Waals surface area contributed by atoms with E-state index in [9.17, 15) is 0 Å². The van der Waals surface area contributed by atoms with Gasteiger partial charge in [-0.15, -0.1) is 11.8 Å². The number of nitrogens with one attached hydrogen (secondary N) is 1. The highest BCUT2D eigenvalue weighted by Gasteiger charge is 2.00. The van der Waals surface area contributed by atoms with Crippen molar-refractivity contribution in [1.29, 1.82) is 0 Å². The van der Waals surface area contributed by atoms with E-state index in [1.54, 1.807) is 7.11 Å². The Bertz CT molecular complexity index is 775. The lowest BCUT2D eigenvalue weighted by molar-refractivity contribution is 0.414. The first-order chi connectivity index (χ1) is 12.3. The molecule has 1 heterocycles. The van der Waals surface area contributed by atoms with Crippen molar-refractivity contribution < 1.29 is 4.74 Å². The molecule has 0 radical (unpaired) electrons. The Morgan fingerprint density at radius 1 is 0.960 bits per heavy atom. The van der Waals surface area contributed by atoms with Crippen molar-refractivity contribution in [3.63, 3.8) is 0 Å². The topological polar surface area (TPSA) is 34.1 Å².